The minimum Gasteiger partial charge on any atom is -0.456 e. The highest BCUT2D eigenvalue weighted by Gasteiger charge is 2.20. The van der Waals surface area contributed by atoms with Crippen LogP contribution in [0.25, 0.3) is 21.9 Å². The zero-order chi connectivity index (χ0) is 23.9. The summed E-state index contributed by atoms with van der Waals surface area (Å²) >= 11 is 0. The number of carbonyl (C=O) groups excluding carboxylic acids is 1. The Labute approximate surface area is 197 Å². The third-order valence-electron chi connectivity index (χ3n) is 5.68. The molecule has 170 valence electrons. The van der Waals surface area contributed by atoms with Gasteiger partial charge in [0.15, 0.2) is 0 Å². The topological polar surface area (TPSA) is 88.4 Å². The summed E-state index contributed by atoms with van der Waals surface area (Å²) in [6, 6.07) is 24.9. The number of amides is 1. The van der Waals surface area contributed by atoms with E-state index in [1.54, 1.807) is 43.3 Å². The Bertz CT molecular complexity index is 1650. The zero-order valence-corrected chi connectivity index (χ0v) is 19.4. The number of nitrogens with one attached hydrogen (secondary N) is 2. The van der Waals surface area contributed by atoms with Crippen LogP contribution >= 0.6 is 0 Å². The summed E-state index contributed by atoms with van der Waals surface area (Å²) < 4.78 is 34.5. The van der Waals surface area contributed by atoms with E-state index in [1.807, 2.05) is 49.4 Å². The van der Waals surface area contributed by atoms with Crippen LogP contribution in [0.5, 0.6) is 0 Å². The molecule has 2 N–H and O–H groups in total. The molecule has 0 saturated heterocycles. The highest BCUT2D eigenvalue weighted by atomic mass is 32.2. The maximum atomic E-state index is 13.0. The van der Waals surface area contributed by atoms with Gasteiger partial charge in [0.25, 0.3) is 15.9 Å². The molecule has 0 radical (unpaired) electrons. The van der Waals surface area contributed by atoms with Gasteiger partial charge >= 0.3 is 0 Å². The lowest BCUT2D eigenvalue weighted by Gasteiger charge is -2.12. The molecule has 0 saturated carbocycles. The number of para-hydroxylation sites is 1. The number of furan rings is 1. The number of fused-ring (bicyclic) bond motifs is 3. The number of aryl methyl sites for hydroxylation is 2. The lowest BCUT2D eigenvalue weighted by atomic mass is 10.1. The van der Waals surface area contributed by atoms with E-state index in [0.29, 0.717) is 22.5 Å². The molecule has 0 atom stereocenters. The van der Waals surface area contributed by atoms with Gasteiger partial charge in [-0.3, -0.25) is 9.52 Å². The monoisotopic (exact) mass is 470 g/mol. The normalized spacial score (nSPS) is 11.6. The molecule has 0 aliphatic carbocycles. The summed E-state index contributed by atoms with van der Waals surface area (Å²) in [5, 5.41) is 4.80. The standard InChI is InChI=1S/C27H22N2O4S/c1-17-7-11-20(12-8-17)29-34(31,32)26-15-19(10-9-18(26)2)27(30)28-21-13-14-23-22-5-3-4-6-24(22)33-25(23)16-21/h3-16,29H,1-2H3,(H,28,30). The molecule has 0 unspecified atom stereocenters. The summed E-state index contributed by atoms with van der Waals surface area (Å²) in [5.74, 6) is -0.415. The molecule has 0 aliphatic heterocycles. The molecule has 0 aliphatic rings. The molecule has 1 aromatic heterocycles. The number of hydrogen-bond acceptors (Lipinski definition) is 4. The first-order chi connectivity index (χ1) is 16.3. The molecule has 1 amide bonds. The fourth-order valence-corrected chi connectivity index (χ4v) is 5.20. The number of sulfonamides is 1. The first kappa shape index (κ1) is 21.7. The van der Waals surface area contributed by atoms with Gasteiger partial charge in [-0.15, -0.1) is 0 Å². The number of carbonyl (C=O) groups is 1. The SMILES string of the molecule is Cc1ccc(NS(=O)(=O)c2cc(C(=O)Nc3ccc4c(c3)oc3ccccc34)ccc2C)cc1. The van der Waals surface area contributed by atoms with Crippen LogP contribution in [0.1, 0.15) is 21.5 Å². The quantitative estimate of drug-likeness (QED) is 0.317. The van der Waals surface area contributed by atoms with Gasteiger partial charge in [0.05, 0.1) is 4.90 Å². The molecular weight excluding hydrogens is 448 g/mol. The van der Waals surface area contributed by atoms with Crippen molar-refractivity contribution >= 4 is 49.2 Å². The van der Waals surface area contributed by atoms with Crippen molar-refractivity contribution in [3.05, 3.63) is 102 Å². The van der Waals surface area contributed by atoms with Crippen LogP contribution in [-0.2, 0) is 10.0 Å². The van der Waals surface area contributed by atoms with Crippen LogP contribution in [0.3, 0.4) is 0 Å². The van der Waals surface area contributed by atoms with E-state index in [0.717, 1.165) is 21.9 Å². The van der Waals surface area contributed by atoms with Crippen LogP contribution < -0.4 is 10.0 Å². The van der Waals surface area contributed by atoms with Crippen LogP contribution in [0.15, 0.2) is 94.2 Å². The molecule has 0 fully saturated rings. The van der Waals surface area contributed by atoms with Crippen molar-refractivity contribution in [3.8, 4) is 0 Å². The second-order valence-corrected chi connectivity index (χ2v) is 9.87. The van der Waals surface area contributed by atoms with Crippen LogP contribution in [-0.4, -0.2) is 14.3 Å². The lowest BCUT2D eigenvalue weighted by molar-refractivity contribution is 0.102. The lowest BCUT2D eigenvalue weighted by Crippen LogP contribution is -2.17. The number of hydrogen-bond donors (Lipinski definition) is 2. The highest BCUT2D eigenvalue weighted by molar-refractivity contribution is 7.92. The summed E-state index contributed by atoms with van der Waals surface area (Å²) in [5.41, 5.74) is 4.25. The smallest absolute Gasteiger partial charge is 0.262 e. The maximum Gasteiger partial charge on any atom is 0.262 e. The van der Waals surface area contributed by atoms with Crippen molar-refractivity contribution in [3.63, 3.8) is 0 Å². The fourth-order valence-electron chi connectivity index (χ4n) is 3.87. The Morgan fingerprint density at radius 2 is 1.47 bits per heavy atom. The minimum atomic E-state index is -3.87. The highest BCUT2D eigenvalue weighted by Crippen LogP contribution is 2.30. The average Bonchev–Trinajstić information content (AvgIpc) is 3.18. The maximum absolute atomic E-state index is 13.0. The Morgan fingerprint density at radius 1 is 0.765 bits per heavy atom. The van der Waals surface area contributed by atoms with Gasteiger partial charge < -0.3 is 9.73 Å². The van der Waals surface area contributed by atoms with Crippen molar-refractivity contribution in [2.45, 2.75) is 18.7 Å². The Balaban J connectivity index is 1.41. The second kappa shape index (κ2) is 8.35. The molecule has 5 aromatic rings. The number of anilines is 2. The summed E-state index contributed by atoms with van der Waals surface area (Å²) in [6.45, 7) is 3.62. The van der Waals surface area contributed by atoms with Crippen LogP contribution in [0.2, 0.25) is 0 Å². The van der Waals surface area contributed by atoms with E-state index < -0.39 is 15.9 Å². The Hall–Kier alpha value is -4.10. The van der Waals surface area contributed by atoms with Gasteiger partial charge in [-0.05, 0) is 61.9 Å². The Kier molecular flexibility index (Phi) is 5.34. The largest absolute Gasteiger partial charge is 0.456 e. The van der Waals surface area contributed by atoms with Crippen molar-refractivity contribution in [2.75, 3.05) is 10.0 Å². The first-order valence-corrected chi connectivity index (χ1v) is 12.2. The van der Waals surface area contributed by atoms with Gasteiger partial charge in [-0.25, -0.2) is 8.42 Å². The van der Waals surface area contributed by atoms with Crippen molar-refractivity contribution in [1.29, 1.82) is 0 Å². The van der Waals surface area contributed by atoms with E-state index in [4.69, 9.17) is 4.42 Å². The first-order valence-electron chi connectivity index (χ1n) is 10.7. The number of rotatable bonds is 5. The second-order valence-electron chi connectivity index (χ2n) is 8.22. The predicted octanol–water partition coefficient (Wildman–Crippen LogP) is 6.26. The average molecular weight is 471 g/mol. The molecule has 5 rings (SSSR count). The van der Waals surface area contributed by atoms with E-state index in [-0.39, 0.29) is 10.5 Å². The molecule has 0 spiro atoms. The van der Waals surface area contributed by atoms with E-state index >= 15 is 0 Å². The molecule has 34 heavy (non-hydrogen) atoms. The third kappa shape index (κ3) is 4.13. The van der Waals surface area contributed by atoms with Gasteiger partial charge in [-0.2, -0.15) is 0 Å². The summed E-state index contributed by atoms with van der Waals surface area (Å²) in [6.07, 6.45) is 0. The predicted molar refractivity (Wildman–Crippen MR) is 135 cm³/mol. The summed E-state index contributed by atoms with van der Waals surface area (Å²) in [4.78, 5) is 13.0. The van der Waals surface area contributed by atoms with Crippen LogP contribution in [0.4, 0.5) is 11.4 Å². The molecule has 0 bridgehead atoms. The molecular formula is C27H22N2O4S. The fraction of sp³-hybridized carbons (Fsp3) is 0.0741. The third-order valence-corrected chi connectivity index (χ3v) is 7.20. The van der Waals surface area contributed by atoms with Crippen molar-refractivity contribution in [1.82, 2.24) is 0 Å². The molecule has 6 nitrogen and oxygen atoms in total. The molecule has 4 aromatic carbocycles. The van der Waals surface area contributed by atoms with E-state index in [2.05, 4.69) is 10.0 Å². The van der Waals surface area contributed by atoms with Gasteiger partial charge in [-0.1, -0.05) is 42.0 Å². The van der Waals surface area contributed by atoms with Crippen molar-refractivity contribution < 1.29 is 17.6 Å². The summed E-state index contributed by atoms with van der Waals surface area (Å²) in [7, 11) is -3.87. The molecule has 1 heterocycles. The Morgan fingerprint density at radius 3 is 2.26 bits per heavy atom. The van der Waals surface area contributed by atoms with Crippen molar-refractivity contribution in [2.24, 2.45) is 0 Å². The minimum absolute atomic E-state index is 0.0495. The molecule has 7 heteroatoms. The number of benzene rings is 4. The van der Waals surface area contributed by atoms with Gasteiger partial charge in [0.1, 0.15) is 11.2 Å². The van der Waals surface area contributed by atoms with Gasteiger partial charge in [0, 0.05) is 33.8 Å². The van der Waals surface area contributed by atoms with E-state index in [9.17, 15) is 13.2 Å². The van der Waals surface area contributed by atoms with Crippen LogP contribution in [0, 0.1) is 13.8 Å². The van der Waals surface area contributed by atoms with Gasteiger partial charge in [0.2, 0.25) is 0 Å². The zero-order valence-electron chi connectivity index (χ0n) is 18.6. The van der Waals surface area contributed by atoms with E-state index in [1.165, 1.54) is 6.07 Å².